The smallest absolute Gasteiger partial charge is 0.118 e. The molecule has 0 aliphatic carbocycles. The largest absolute Gasteiger partial charge is 0.325 e. The number of hydrogen-bond acceptors (Lipinski definition) is 2. The Morgan fingerprint density at radius 1 is 1.14 bits per heavy atom. The molecular formula is C17H8FIrN2S-. The number of para-hydroxylation sites is 1. The fourth-order valence-corrected chi connectivity index (χ4v) is 3.81. The normalized spacial score (nSPS) is 11.5. The van der Waals surface area contributed by atoms with E-state index in [-0.39, 0.29) is 25.9 Å². The zero-order valence-electron chi connectivity index (χ0n) is 11.1. The van der Waals surface area contributed by atoms with Gasteiger partial charge in [0.25, 0.3) is 0 Å². The molecule has 5 rings (SSSR count). The van der Waals surface area contributed by atoms with Crippen LogP contribution in [0.2, 0.25) is 0 Å². The summed E-state index contributed by atoms with van der Waals surface area (Å²) in [7, 11) is 0. The van der Waals surface area contributed by atoms with Gasteiger partial charge in [-0.15, -0.1) is 29.5 Å². The van der Waals surface area contributed by atoms with Crippen molar-refractivity contribution in [3.05, 3.63) is 59.7 Å². The summed E-state index contributed by atoms with van der Waals surface area (Å²) in [4.78, 5) is 5.81. The maximum absolute atomic E-state index is 13.7. The summed E-state index contributed by atoms with van der Waals surface area (Å²) >= 11 is 1.66. The summed E-state index contributed by atoms with van der Waals surface area (Å²) in [6, 6.07) is 16.0. The van der Waals surface area contributed by atoms with E-state index in [1.165, 1.54) is 6.07 Å². The van der Waals surface area contributed by atoms with Gasteiger partial charge >= 0.3 is 0 Å². The van der Waals surface area contributed by atoms with Crippen molar-refractivity contribution >= 4 is 49.0 Å². The first-order valence-corrected chi connectivity index (χ1v) is 7.48. The van der Waals surface area contributed by atoms with Gasteiger partial charge in [-0.05, 0) is 22.9 Å². The molecule has 0 unspecified atom stereocenters. The van der Waals surface area contributed by atoms with Crippen LogP contribution >= 0.6 is 11.3 Å². The van der Waals surface area contributed by atoms with Crippen molar-refractivity contribution in [2.24, 2.45) is 0 Å². The van der Waals surface area contributed by atoms with Crippen LogP contribution in [0.1, 0.15) is 0 Å². The number of halogens is 1. The van der Waals surface area contributed by atoms with Gasteiger partial charge in [0, 0.05) is 31.4 Å². The standard InChI is InChI=1S/C17H8FN2S.Ir/c18-10-5-6-12-13(9-10)11-3-1-2-4-15(11)20-16(12)19-14-7-8-21-17(14)20;/h1-5,7-9H;/q-1;. The van der Waals surface area contributed by atoms with Gasteiger partial charge in [-0.1, -0.05) is 29.0 Å². The summed E-state index contributed by atoms with van der Waals surface area (Å²) in [6.45, 7) is 0. The second kappa shape index (κ2) is 4.85. The Hall–Kier alpha value is -1.81. The molecule has 0 bridgehead atoms. The summed E-state index contributed by atoms with van der Waals surface area (Å²) < 4.78 is 15.8. The van der Waals surface area contributed by atoms with Crippen LogP contribution in [0.4, 0.5) is 4.39 Å². The third-order valence-corrected chi connectivity index (χ3v) is 4.72. The molecule has 0 aliphatic heterocycles. The van der Waals surface area contributed by atoms with E-state index >= 15 is 0 Å². The Balaban J connectivity index is 0.00000125. The quantitative estimate of drug-likeness (QED) is 0.229. The molecule has 0 amide bonds. The Labute approximate surface area is 142 Å². The number of fused-ring (bicyclic) bond motifs is 8. The van der Waals surface area contributed by atoms with Crippen molar-refractivity contribution in [1.82, 2.24) is 9.38 Å². The minimum absolute atomic E-state index is 0. The van der Waals surface area contributed by atoms with Crippen LogP contribution in [0.15, 0.2) is 47.8 Å². The van der Waals surface area contributed by atoms with Gasteiger partial charge in [0.2, 0.25) is 0 Å². The first-order valence-electron chi connectivity index (χ1n) is 6.60. The SMILES string of the molecule is Fc1c[c-]c2c(c1)c1ccccc1n1c2nc2ccsc21.[Ir]. The van der Waals surface area contributed by atoms with E-state index in [9.17, 15) is 4.39 Å². The van der Waals surface area contributed by atoms with E-state index in [2.05, 4.69) is 10.5 Å². The fourth-order valence-electron chi connectivity index (χ4n) is 2.96. The fraction of sp³-hybridized carbons (Fsp3) is 0. The summed E-state index contributed by atoms with van der Waals surface area (Å²) in [5.41, 5.74) is 2.85. The van der Waals surface area contributed by atoms with Crippen LogP contribution in [0.5, 0.6) is 0 Å². The number of rotatable bonds is 0. The van der Waals surface area contributed by atoms with Gasteiger partial charge in [-0.3, -0.25) is 9.37 Å². The number of nitrogens with zero attached hydrogens (tertiary/aromatic N) is 2. The number of hydrogen-bond donors (Lipinski definition) is 0. The Morgan fingerprint density at radius 2 is 2.00 bits per heavy atom. The average Bonchev–Trinajstić information content (AvgIpc) is 3.08. The van der Waals surface area contributed by atoms with Crippen molar-refractivity contribution in [3.63, 3.8) is 0 Å². The monoisotopic (exact) mass is 484 g/mol. The van der Waals surface area contributed by atoms with E-state index in [1.54, 1.807) is 17.4 Å². The van der Waals surface area contributed by atoms with Gasteiger partial charge in [-0.25, -0.2) is 0 Å². The molecule has 5 aromatic rings. The summed E-state index contributed by atoms with van der Waals surface area (Å²) in [6.07, 6.45) is 0. The first-order chi connectivity index (χ1) is 10.3. The maximum Gasteiger partial charge on any atom is 0.118 e. The minimum Gasteiger partial charge on any atom is -0.325 e. The molecule has 2 aromatic carbocycles. The van der Waals surface area contributed by atoms with E-state index in [1.807, 2.05) is 35.7 Å². The predicted molar refractivity (Wildman–Crippen MR) is 84.4 cm³/mol. The average molecular weight is 484 g/mol. The number of benzene rings is 2. The molecular weight excluding hydrogens is 475 g/mol. The van der Waals surface area contributed by atoms with Gasteiger partial charge < -0.3 is 4.40 Å². The van der Waals surface area contributed by atoms with E-state index in [0.29, 0.717) is 0 Å². The third kappa shape index (κ3) is 1.70. The molecule has 0 saturated carbocycles. The minimum atomic E-state index is -0.273. The Morgan fingerprint density at radius 3 is 2.91 bits per heavy atom. The van der Waals surface area contributed by atoms with Gasteiger partial charge in [0.1, 0.15) is 4.83 Å². The van der Waals surface area contributed by atoms with Crippen LogP contribution in [0, 0.1) is 11.9 Å². The molecule has 22 heavy (non-hydrogen) atoms. The van der Waals surface area contributed by atoms with Crippen LogP contribution in [0.25, 0.3) is 37.7 Å². The van der Waals surface area contributed by atoms with Crippen LogP contribution in [-0.2, 0) is 20.1 Å². The van der Waals surface area contributed by atoms with Crippen molar-refractivity contribution in [3.8, 4) is 0 Å². The Bertz CT molecular complexity index is 1140. The number of thiophene rings is 1. The van der Waals surface area contributed by atoms with E-state index in [4.69, 9.17) is 4.98 Å². The maximum atomic E-state index is 13.7. The molecule has 0 aliphatic rings. The second-order valence-electron chi connectivity index (χ2n) is 5.01. The van der Waals surface area contributed by atoms with Crippen molar-refractivity contribution in [2.45, 2.75) is 0 Å². The van der Waals surface area contributed by atoms with Crippen LogP contribution in [0.3, 0.4) is 0 Å². The second-order valence-corrected chi connectivity index (χ2v) is 5.90. The zero-order chi connectivity index (χ0) is 14.0. The van der Waals surface area contributed by atoms with Crippen molar-refractivity contribution < 1.29 is 24.5 Å². The Kier molecular flexibility index (Phi) is 3.05. The van der Waals surface area contributed by atoms with E-state index in [0.717, 1.165) is 37.7 Å². The topological polar surface area (TPSA) is 17.3 Å². The van der Waals surface area contributed by atoms with E-state index < -0.39 is 0 Å². The molecule has 0 saturated heterocycles. The molecule has 0 spiro atoms. The van der Waals surface area contributed by atoms with Crippen molar-refractivity contribution in [1.29, 1.82) is 0 Å². The first kappa shape index (κ1) is 13.8. The zero-order valence-corrected chi connectivity index (χ0v) is 14.3. The molecule has 3 heterocycles. The molecule has 2 nitrogen and oxygen atoms in total. The number of pyridine rings is 1. The summed E-state index contributed by atoms with van der Waals surface area (Å²) in [5.74, 6) is -0.273. The van der Waals surface area contributed by atoms with Gasteiger partial charge in [0.05, 0.1) is 11.2 Å². The molecule has 3 aromatic heterocycles. The molecule has 109 valence electrons. The van der Waals surface area contributed by atoms with Gasteiger partial charge in [-0.2, -0.15) is 0 Å². The van der Waals surface area contributed by atoms with Crippen LogP contribution in [-0.4, -0.2) is 9.38 Å². The van der Waals surface area contributed by atoms with Crippen LogP contribution < -0.4 is 0 Å². The van der Waals surface area contributed by atoms with Gasteiger partial charge in [0.15, 0.2) is 0 Å². The molecule has 5 heteroatoms. The molecule has 1 radical (unpaired) electrons. The predicted octanol–water partition coefficient (Wildman–Crippen LogP) is 4.79. The third-order valence-electron chi connectivity index (χ3n) is 3.83. The molecule has 0 N–H and O–H groups in total. The molecule has 0 fully saturated rings. The number of imidazole rings is 1. The van der Waals surface area contributed by atoms with Crippen molar-refractivity contribution in [2.75, 3.05) is 0 Å². The molecule has 0 atom stereocenters. The number of aromatic nitrogens is 2. The summed E-state index contributed by atoms with van der Waals surface area (Å²) in [5, 5.41) is 4.77.